The number of phenolic OH excluding ortho intramolecular Hbond substituents is 1. The highest BCUT2D eigenvalue weighted by Gasteiger charge is 2.23. The lowest BCUT2D eigenvalue weighted by Crippen LogP contribution is -2.25. The molecule has 3 aromatic carbocycles. The molecule has 1 aliphatic rings. The van der Waals surface area contributed by atoms with Crippen molar-refractivity contribution in [2.24, 2.45) is 0 Å². The molecule has 6 nitrogen and oxygen atoms in total. The lowest BCUT2D eigenvalue weighted by atomic mass is 9.98. The van der Waals surface area contributed by atoms with Crippen LogP contribution < -0.4 is 4.74 Å². The molecule has 1 aliphatic heterocycles. The van der Waals surface area contributed by atoms with E-state index >= 15 is 0 Å². The largest absolute Gasteiger partial charge is 0.507 e. The highest BCUT2D eigenvalue weighted by atomic mass is 16.7. The van der Waals surface area contributed by atoms with Crippen LogP contribution >= 0.6 is 0 Å². The zero-order valence-electron chi connectivity index (χ0n) is 21.4. The van der Waals surface area contributed by atoms with E-state index in [4.69, 9.17) is 14.2 Å². The molecule has 0 aliphatic carbocycles. The van der Waals surface area contributed by atoms with Crippen LogP contribution in [0.4, 0.5) is 0 Å². The smallest absolute Gasteiger partial charge is 0.163 e. The summed E-state index contributed by atoms with van der Waals surface area (Å²) in [6.45, 7) is 4.43. The van der Waals surface area contributed by atoms with Gasteiger partial charge in [-0.25, -0.2) is 0 Å². The van der Waals surface area contributed by atoms with Crippen LogP contribution in [0.15, 0.2) is 60.7 Å². The number of nitrogens with zero attached hydrogens (tertiary/aromatic N) is 1. The molecule has 0 aromatic heterocycles. The van der Waals surface area contributed by atoms with Crippen molar-refractivity contribution >= 4 is 5.78 Å². The number of nitriles is 1. The Morgan fingerprint density at radius 1 is 1.14 bits per heavy atom. The summed E-state index contributed by atoms with van der Waals surface area (Å²) in [7, 11) is 0. The fraction of sp³-hybridized carbons (Fsp3) is 0.355. The molecule has 0 radical (unpaired) electrons. The number of carbonyl (C=O) groups is 1. The second kappa shape index (κ2) is 12.5. The summed E-state index contributed by atoms with van der Waals surface area (Å²) in [6, 6.07) is 21.0. The number of hydrogen-bond acceptors (Lipinski definition) is 6. The topological polar surface area (TPSA) is 88.8 Å². The van der Waals surface area contributed by atoms with E-state index in [1.165, 1.54) is 6.92 Å². The van der Waals surface area contributed by atoms with E-state index in [9.17, 15) is 15.2 Å². The van der Waals surface area contributed by atoms with Crippen molar-refractivity contribution in [1.82, 2.24) is 0 Å². The maximum absolute atomic E-state index is 11.9. The third kappa shape index (κ3) is 6.56. The maximum atomic E-state index is 11.9. The van der Waals surface area contributed by atoms with E-state index in [0.29, 0.717) is 35.5 Å². The third-order valence-electron chi connectivity index (χ3n) is 6.51. The summed E-state index contributed by atoms with van der Waals surface area (Å²) in [5.41, 5.74) is 4.30. The molecule has 1 heterocycles. The Hall–Kier alpha value is -3.66. The van der Waals surface area contributed by atoms with E-state index < -0.39 is 6.10 Å². The molecule has 0 bridgehead atoms. The molecule has 0 saturated carbocycles. The first-order chi connectivity index (χ1) is 18.0. The lowest BCUT2D eigenvalue weighted by molar-refractivity contribution is -0.181. The van der Waals surface area contributed by atoms with Gasteiger partial charge >= 0.3 is 0 Å². The SMILES string of the molecule is CCCc1c(OCc2cccc(C(OC3CCCCO3)c3cccc(C#N)c3)c2)ccc(C(C)=O)c1O. The quantitative estimate of drug-likeness (QED) is 0.315. The molecule has 37 heavy (non-hydrogen) atoms. The number of ketones is 1. The van der Waals surface area contributed by atoms with Crippen molar-refractivity contribution in [3.63, 3.8) is 0 Å². The molecule has 1 saturated heterocycles. The number of rotatable bonds is 10. The van der Waals surface area contributed by atoms with Gasteiger partial charge in [0.05, 0.1) is 17.2 Å². The summed E-state index contributed by atoms with van der Waals surface area (Å²) in [5.74, 6) is 0.390. The molecule has 0 spiro atoms. The van der Waals surface area contributed by atoms with Gasteiger partial charge in [-0.1, -0.05) is 43.7 Å². The van der Waals surface area contributed by atoms with Gasteiger partial charge in [-0.15, -0.1) is 0 Å². The van der Waals surface area contributed by atoms with Crippen molar-refractivity contribution in [2.45, 2.75) is 65.0 Å². The molecule has 6 heteroatoms. The van der Waals surface area contributed by atoms with Crippen LogP contribution in [0.5, 0.6) is 11.5 Å². The zero-order valence-corrected chi connectivity index (χ0v) is 21.4. The van der Waals surface area contributed by atoms with E-state index in [1.807, 2.05) is 49.4 Å². The molecule has 2 atom stereocenters. The minimum Gasteiger partial charge on any atom is -0.507 e. The van der Waals surface area contributed by atoms with Crippen molar-refractivity contribution in [2.75, 3.05) is 6.61 Å². The molecular formula is C31H33NO5. The van der Waals surface area contributed by atoms with Crippen LogP contribution in [0.1, 0.15) is 83.8 Å². The highest BCUT2D eigenvalue weighted by molar-refractivity contribution is 5.97. The summed E-state index contributed by atoms with van der Waals surface area (Å²) in [5, 5.41) is 20.1. The molecule has 192 valence electrons. The Morgan fingerprint density at radius 2 is 1.92 bits per heavy atom. The standard InChI is InChI=1S/C31H33NO5/c1-3-8-27-28(15-14-26(21(2)33)30(27)34)36-20-23-10-7-12-25(18-23)31(37-29-13-4-5-16-35-29)24-11-6-9-22(17-24)19-32/h6-7,9-12,14-15,17-18,29,31,34H,3-5,8,13,16,20H2,1-2H3. The first-order valence-electron chi connectivity index (χ1n) is 12.8. The average Bonchev–Trinajstić information content (AvgIpc) is 2.92. The van der Waals surface area contributed by atoms with E-state index in [-0.39, 0.29) is 24.4 Å². The zero-order chi connectivity index (χ0) is 26.2. The molecule has 3 aromatic rings. The van der Waals surface area contributed by atoms with Crippen LogP contribution in [-0.4, -0.2) is 23.8 Å². The van der Waals surface area contributed by atoms with Crippen molar-refractivity contribution in [1.29, 1.82) is 5.26 Å². The second-order valence-corrected chi connectivity index (χ2v) is 9.33. The molecule has 1 N–H and O–H groups in total. The van der Waals surface area contributed by atoms with Crippen LogP contribution in [0.3, 0.4) is 0 Å². The minimum atomic E-state index is -0.397. The molecule has 1 fully saturated rings. The van der Waals surface area contributed by atoms with Crippen molar-refractivity contribution < 1.29 is 24.1 Å². The van der Waals surface area contributed by atoms with E-state index in [1.54, 1.807) is 18.2 Å². The number of carbonyl (C=O) groups excluding carboxylic acids is 1. The van der Waals surface area contributed by atoms with Crippen molar-refractivity contribution in [3.8, 4) is 17.6 Å². The molecule has 4 rings (SSSR count). The fourth-order valence-corrected chi connectivity index (χ4v) is 4.63. The third-order valence-corrected chi connectivity index (χ3v) is 6.51. The van der Waals surface area contributed by atoms with Crippen LogP contribution in [0.25, 0.3) is 0 Å². The average molecular weight is 500 g/mol. The Labute approximate surface area is 218 Å². The molecule has 2 unspecified atom stereocenters. The first kappa shape index (κ1) is 26.4. The van der Waals surface area contributed by atoms with Crippen LogP contribution in [-0.2, 0) is 22.5 Å². The van der Waals surface area contributed by atoms with Gasteiger partial charge in [-0.3, -0.25) is 4.79 Å². The van der Waals surface area contributed by atoms with Gasteiger partial charge < -0.3 is 19.3 Å². The van der Waals surface area contributed by atoms with E-state index in [2.05, 4.69) is 6.07 Å². The number of Topliss-reactive ketones (excluding diaryl/α,β-unsaturated/α-hetero) is 1. The summed E-state index contributed by atoms with van der Waals surface area (Å²) < 4.78 is 18.4. The fourth-order valence-electron chi connectivity index (χ4n) is 4.63. The van der Waals surface area contributed by atoms with Crippen LogP contribution in [0, 0.1) is 11.3 Å². The summed E-state index contributed by atoms with van der Waals surface area (Å²) >= 11 is 0. The number of hydrogen-bond donors (Lipinski definition) is 1. The Bertz CT molecular complexity index is 1270. The predicted octanol–water partition coefficient (Wildman–Crippen LogP) is 6.63. The maximum Gasteiger partial charge on any atom is 0.163 e. The van der Waals surface area contributed by atoms with Gasteiger partial charge in [0, 0.05) is 12.2 Å². The number of benzene rings is 3. The second-order valence-electron chi connectivity index (χ2n) is 9.33. The Balaban J connectivity index is 1.59. The van der Waals surface area contributed by atoms with Gasteiger partial charge in [-0.05, 0) is 79.6 Å². The van der Waals surface area contributed by atoms with Gasteiger partial charge in [0.25, 0.3) is 0 Å². The summed E-state index contributed by atoms with van der Waals surface area (Å²) in [4.78, 5) is 11.9. The minimum absolute atomic E-state index is 0.000999. The normalized spacial score (nSPS) is 16.1. The Kier molecular flexibility index (Phi) is 8.95. The number of ether oxygens (including phenoxy) is 3. The first-order valence-corrected chi connectivity index (χ1v) is 12.8. The summed E-state index contributed by atoms with van der Waals surface area (Å²) in [6.07, 6.45) is 3.63. The van der Waals surface area contributed by atoms with E-state index in [0.717, 1.165) is 42.4 Å². The number of phenols is 1. The van der Waals surface area contributed by atoms with Crippen LogP contribution in [0.2, 0.25) is 0 Å². The van der Waals surface area contributed by atoms with Gasteiger partial charge in [-0.2, -0.15) is 5.26 Å². The molecular weight excluding hydrogens is 466 g/mol. The number of aromatic hydroxyl groups is 1. The Morgan fingerprint density at radius 3 is 2.62 bits per heavy atom. The monoisotopic (exact) mass is 499 g/mol. The van der Waals surface area contributed by atoms with Gasteiger partial charge in [0.1, 0.15) is 24.2 Å². The predicted molar refractivity (Wildman–Crippen MR) is 141 cm³/mol. The van der Waals surface area contributed by atoms with Gasteiger partial charge in [0.15, 0.2) is 12.1 Å². The lowest BCUT2D eigenvalue weighted by Gasteiger charge is -2.28. The van der Waals surface area contributed by atoms with Gasteiger partial charge in [0.2, 0.25) is 0 Å². The highest BCUT2D eigenvalue weighted by Crippen LogP contribution is 2.34. The van der Waals surface area contributed by atoms with Crippen molar-refractivity contribution in [3.05, 3.63) is 94.0 Å². The molecule has 0 amide bonds.